The molecule has 0 aliphatic carbocycles. The van der Waals surface area contributed by atoms with Gasteiger partial charge in [-0.15, -0.1) is 11.3 Å². The summed E-state index contributed by atoms with van der Waals surface area (Å²) in [5.74, 6) is 0.679. The molecule has 4 rings (SSSR count). The van der Waals surface area contributed by atoms with E-state index < -0.39 is 10.0 Å². The van der Waals surface area contributed by atoms with Crippen LogP contribution in [0.15, 0.2) is 69.3 Å². The zero-order chi connectivity index (χ0) is 25.2. The van der Waals surface area contributed by atoms with E-state index in [1.807, 2.05) is 63.4 Å². The normalized spacial score (nSPS) is 12.2. The van der Waals surface area contributed by atoms with E-state index in [0.717, 1.165) is 11.0 Å². The van der Waals surface area contributed by atoms with E-state index in [0.29, 0.717) is 35.2 Å². The zero-order valence-electron chi connectivity index (χ0n) is 20.2. The van der Waals surface area contributed by atoms with Gasteiger partial charge in [0.15, 0.2) is 10.9 Å². The number of aromatic nitrogens is 1. The van der Waals surface area contributed by atoms with Gasteiger partial charge in [-0.05, 0) is 48.2 Å². The van der Waals surface area contributed by atoms with Crippen LogP contribution in [-0.4, -0.2) is 36.7 Å². The van der Waals surface area contributed by atoms with Crippen molar-refractivity contribution in [2.45, 2.75) is 32.6 Å². The van der Waals surface area contributed by atoms with Gasteiger partial charge >= 0.3 is 0 Å². The number of nitrogens with zero attached hydrogens (tertiary/aromatic N) is 2. The summed E-state index contributed by atoms with van der Waals surface area (Å²) in [7, 11) is -3.65. The van der Waals surface area contributed by atoms with Gasteiger partial charge in [0.2, 0.25) is 10.0 Å². The fourth-order valence-electron chi connectivity index (χ4n) is 3.73. The fraction of sp³-hybridized carbons (Fsp3) is 0.308. The van der Waals surface area contributed by atoms with Crippen LogP contribution in [-0.2, 0) is 10.0 Å². The zero-order valence-corrected chi connectivity index (χ0v) is 21.8. The van der Waals surface area contributed by atoms with Crippen LogP contribution in [0.25, 0.3) is 22.4 Å². The standard InChI is InChI=1S/C26H29N3O4S2/c1-17(2)14-29(15-18(3)4)35(31,32)21-11-9-19(10-12-21)25(30)28-26-27-22(16-34-26)24-13-20-7-5-6-8-23(20)33-24/h5-13,16-18H,14-15H2,1-4H3,(H,27,28,30). The number of rotatable bonds is 9. The second-order valence-corrected chi connectivity index (χ2v) is 12.1. The van der Waals surface area contributed by atoms with E-state index in [1.54, 1.807) is 0 Å². The molecule has 7 nitrogen and oxygen atoms in total. The number of fused-ring (bicyclic) bond motifs is 1. The molecule has 0 unspecified atom stereocenters. The monoisotopic (exact) mass is 511 g/mol. The second-order valence-electron chi connectivity index (χ2n) is 9.27. The lowest BCUT2D eigenvalue weighted by atomic mass is 10.2. The van der Waals surface area contributed by atoms with Crippen molar-refractivity contribution in [2.75, 3.05) is 18.4 Å². The summed E-state index contributed by atoms with van der Waals surface area (Å²) in [5.41, 5.74) is 1.76. The van der Waals surface area contributed by atoms with Crippen LogP contribution in [0.4, 0.5) is 5.13 Å². The predicted octanol–water partition coefficient (Wildman–Crippen LogP) is 6.11. The molecule has 2 aromatic carbocycles. The summed E-state index contributed by atoms with van der Waals surface area (Å²) in [6, 6.07) is 15.6. The highest BCUT2D eigenvalue weighted by Crippen LogP contribution is 2.30. The van der Waals surface area contributed by atoms with Gasteiger partial charge in [0.1, 0.15) is 11.3 Å². The van der Waals surface area contributed by atoms with Crippen LogP contribution >= 0.6 is 11.3 Å². The molecule has 0 aliphatic heterocycles. The quantitative estimate of drug-likeness (QED) is 0.293. The van der Waals surface area contributed by atoms with E-state index in [-0.39, 0.29) is 22.6 Å². The first-order valence-corrected chi connectivity index (χ1v) is 13.8. The molecule has 184 valence electrons. The van der Waals surface area contributed by atoms with Gasteiger partial charge in [0.25, 0.3) is 5.91 Å². The number of thiazole rings is 1. The molecule has 0 fully saturated rings. The molecule has 9 heteroatoms. The smallest absolute Gasteiger partial charge is 0.257 e. The minimum atomic E-state index is -3.65. The van der Waals surface area contributed by atoms with Crippen molar-refractivity contribution in [1.82, 2.24) is 9.29 Å². The average Bonchev–Trinajstić information content (AvgIpc) is 3.45. The first-order valence-electron chi connectivity index (χ1n) is 11.5. The fourth-order valence-corrected chi connectivity index (χ4v) is 6.20. The highest BCUT2D eigenvalue weighted by atomic mass is 32.2. The van der Waals surface area contributed by atoms with Gasteiger partial charge in [-0.1, -0.05) is 45.9 Å². The number of amides is 1. The predicted molar refractivity (Wildman–Crippen MR) is 140 cm³/mol. The maximum Gasteiger partial charge on any atom is 0.257 e. The summed E-state index contributed by atoms with van der Waals surface area (Å²) in [6.45, 7) is 8.87. The number of hydrogen-bond acceptors (Lipinski definition) is 6. The van der Waals surface area contributed by atoms with Gasteiger partial charge in [-0.3, -0.25) is 10.1 Å². The van der Waals surface area contributed by atoms with Gasteiger partial charge in [0, 0.05) is 29.4 Å². The minimum absolute atomic E-state index is 0.178. The lowest BCUT2D eigenvalue weighted by Crippen LogP contribution is -2.37. The van der Waals surface area contributed by atoms with Crippen molar-refractivity contribution in [1.29, 1.82) is 0 Å². The number of sulfonamides is 1. The molecule has 4 aromatic rings. The van der Waals surface area contributed by atoms with E-state index in [9.17, 15) is 13.2 Å². The first-order chi connectivity index (χ1) is 16.6. The molecule has 0 bridgehead atoms. The largest absolute Gasteiger partial charge is 0.454 e. The number of hydrogen-bond donors (Lipinski definition) is 1. The topological polar surface area (TPSA) is 92.5 Å². The Kier molecular flexibility index (Phi) is 7.39. The highest BCUT2D eigenvalue weighted by molar-refractivity contribution is 7.89. The third-order valence-electron chi connectivity index (χ3n) is 5.29. The molecule has 0 aliphatic rings. The van der Waals surface area contributed by atoms with Crippen molar-refractivity contribution in [2.24, 2.45) is 11.8 Å². The Morgan fingerprint density at radius 2 is 1.69 bits per heavy atom. The van der Waals surface area contributed by atoms with Crippen molar-refractivity contribution in [3.05, 3.63) is 65.5 Å². The molecular formula is C26H29N3O4S2. The molecule has 0 saturated carbocycles. The Morgan fingerprint density at radius 3 is 2.31 bits per heavy atom. The van der Waals surface area contributed by atoms with Crippen LogP contribution in [0, 0.1) is 11.8 Å². The van der Waals surface area contributed by atoms with Crippen molar-refractivity contribution >= 4 is 43.4 Å². The molecule has 0 radical (unpaired) electrons. The minimum Gasteiger partial charge on any atom is -0.454 e. The van der Waals surface area contributed by atoms with E-state index >= 15 is 0 Å². The summed E-state index contributed by atoms with van der Waals surface area (Å²) in [6.07, 6.45) is 0. The van der Waals surface area contributed by atoms with Crippen LogP contribution in [0.2, 0.25) is 0 Å². The summed E-state index contributed by atoms with van der Waals surface area (Å²) in [5, 5.41) is 6.02. The molecule has 2 aromatic heterocycles. The summed E-state index contributed by atoms with van der Waals surface area (Å²) >= 11 is 1.29. The lowest BCUT2D eigenvalue weighted by molar-refractivity contribution is 0.102. The Balaban J connectivity index is 1.47. The van der Waals surface area contributed by atoms with Gasteiger partial charge in [-0.2, -0.15) is 4.31 Å². The SMILES string of the molecule is CC(C)CN(CC(C)C)S(=O)(=O)c1ccc(C(=O)Nc2nc(-c3cc4ccccc4o3)cs2)cc1. The number of furan rings is 1. The number of para-hydroxylation sites is 1. The summed E-state index contributed by atoms with van der Waals surface area (Å²) in [4.78, 5) is 17.4. The van der Waals surface area contributed by atoms with Crippen LogP contribution in [0.1, 0.15) is 38.1 Å². The molecule has 1 N–H and O–H groups in total. The van der Waals surface area contributed by atoms with Gasteiger partial charge in [-0.25, -0.2) is 13.4 Å². The number of anilines is 1. The molecular weight excluding hydrogens is 482 g/mol. The van der Waals surface area contributed by atoms with E-state index in [4.69, 9.17) is 4.42 Å². The number of carbonyl (C=O) groups is 1. The molecule has 35 heavy (non-hydrogen) atoms. The van der Waals surface area contributed by atoms with Crippen molar-refractivity contribution < 1.29 is 17.6 Å². The number of benzene rings is 2. The maximum absolute atomic E-state index is 13.2. The van der Waals surface area contributed by atoms with Crippen LogP contribution < -0.4 is 5.32 Å². The Morgan fingerprint density at radius 1 is 1.03 bits per heavy atom. The first kappa shape index (κ1) is 25.1. The molecule has 1 amide bonds. The molecule has 0 spiro atoms. The second kappa shape index (κ2) is 10.3. The molecule has 0 atom stereocenters. The van der Waals surface area contributed by atoms with Crippen LogP contribution in [0.5, 0.6) is 0 Å². The average molecular weight is 512 g/mol. The van der Waals surface area contributed by atoms with Crippen molar-refractivity contribution in [3.8, 4) is 11.5 Å². The van der Waals surface area contributed by atoms with Crippen molar-refractivity contribution in [3.63, 3.8) is 0 Å². The number of carbonyl (C=O) groups excluding carboxylic acids is 1. The van der Waals surface area contributed by atoms with Gasteiger partial charge in [0.05, 0.1) is 4.90 Å². The highest BCUT2D eigenvalue weighted by Gasteiger charge is 2.26. The summed E-state index contributed by atoms with van der Waals surface area (Å²) < 4.78 is 33.7. The Labute approximate surface area is 209 Å². The molecule has 2 heterocycles. The third kappa shape index (κ3) is 5.80. The maximum atomic E-state index is 13.2. The lowest BCUT2D eigenvalue weighted by Gasteiger charge is -2.25. The van der Waals surface area contributed by atoms with E-state index in [1.165, 1.54) is 39.9 Å². The van der Waals surface area contributed by atoms with Crippen LogP contribution in [0.3, 0.4) is 0 Å². The van der Waals surface area contributed by atoms with Gasteiger partial charge < -0.3 is 4.42 Å². The number of nitrogens with one attached hydrogen (secondary N) is 1. The third-order valence-corrected chi connectivity index (χ3v) is 7.90. The Bertz CT molecular complexity index is 1380. The Hall–Kier alpha value is -3.01. The van der Waals surface area contributed by atoms with E-state index in [2.05, 4.69) is 10.3 Å². The molecule has 0 saturated heterocycles.